The van der Waals surface area contributed by atoms with Crippen LogP contribution in [0.1, 0.15) is 55.7 Å². The third kappa shape index (κ3) is 4.34. The van der Waals surface area contributed by atoms with Crippen molar-refractivity contribution in [3.05, 3.63) is 17.5 Å². The maximum atomic E-state index is 12.7. The molecule has 2 aromatic rings. The summed E-state index contributed by atoms with van der Waals surface area (Å²) in [6, 6.07) is 1.81. The standard InChI is InChI=1S/C14H20N6O3S2/c1-14(2,3)20-10(7-9(18-20)8-5-6-8)11(21)15-12-16-17-13(24-12)19-25(4,22)23/h7-8H,5-6H2,1-4H3,(H,17,19)(H,15,16,21). The molecule has 1 amide bonds. The van der Waals surface area contributed by atoms with Gasteiger partial charge in [-0.1, -0.05) is 11.3 Å². The van der Waals surface area contributed by atoms with Gasteiger partial charge in [0.1, 0.15) is 5.69 Å². The molecule has 0 atom stereocenters. The van der Waals surface area contributed by atoms with Gasteiger partial charge in [0, 0.05) is 5.92 Å². The number of aromatic nitrogens is 4. The molecule has 0 bridgehead atoms. The highest BCUT2D eigenvalue weighted by atomic mass is 32.2. The molecule has 1 fully saturated rings. The monoisotopic (exact) mass is 384 g/mol. The number of rotatable bonds is 5. The Bertz CT molecular complexity index is 905. The van der Waals surface area contributed by atoms with Crippen molar-refractivity contribution in [3.63, 3.8) is 0 Å². The fraction of sp³-hybridized carbons (Fsp3) is 0.571. The van der Waals surface area contributed by atoms with Crippen LogP contribution in [0, 0.1) is 0 Å². The van der Waals surface area contributed by atoms with Gasteiger partial charge in [-0.15, -0.1) is 10.2 Å². The Morgan fingerprint density at radius 3 is 2.48 bits per heavy atom. The van der Waals surface area contributed by atoms with E-state index in [0.717, 1.165) is 36.1 Å². The summed E-state index contributed by atoms with van der Waals surface area (Å²) in [7, 11) is -3.44. The molecule has 25 heavy (non-hydrogen) atoms. The predicted octanol–water partition coefficient (Wildman–Crippen LogP) is 1.99. The average Bonchev–Trinajstić information content (AvgIpc) is 3.04. The van der Waals surface area contributed by atoms with Gasteiger partial charge in [0.15, 0.2) is 0 Å². The fourth-order valence-electron chi connectivity index (χ4n) is 2.29. The highest BCUT2D eigenvalue weighted by Gasteiger charge is 2.31. The number of nitrogens with one attached hydrogen (secondary N) is 2. The van der Waals surface area contributed by atoms with Crippen LogP contribution < -0.4 is 10.0 Å². The second-order valence-corrected chi connectivity index (χ2v) is 9.78. The van der Waals surface area contributed by atoms with E-state index in [0.29, 0.717) is 11.6 Å². The summed E-state index contributed by atoms with van der Waals surface area (Å²) < 4.78 is 26.4. The van der Waals surface area contributed by atoms with Crippen molar-refractivity contribution < 1.29 is 13.2 Å². The van der Waals surface area contributed by atoms with Crippen LogP contribution in [0.5, 0.6) is 0 Å². The molecule has 0 radical (unpaired) electrons. The summed E-state index contributed by atoms with van der Waals surface area (Å²) >= 11 is 0.947. The summed E-state index contributed by atoms with van der Waals surface area (Å²) in [5, 5.41) is 15.1. The van der Waals surface area contributed by atoms with Gasteiger partial charge in [-0.2, -0.15) is 5.10 Å². The largest absolute Gasteiger partial charge is 0.295 e. The second kappa shape index (κ2) is 6.06. The SMILES string of the molecule is CC(C)(C)n1nc(C2CC2)cc1C(=O)Nc1nnc(NS(C)(=O)=O)s1. The first-order valence-corrected chi connectivity index (χ1v) is 10.5. The Morgan fingerprint density at radius 2 is 1.92 bits per heavy atom. The Labute approximate surface area is 149 Å². The number of hydrogen-bond donors (Lipinski definition) is 2. The van der Waals surface area contributed by atoms with Crippen LogP contribution in [-0.2, 0) is 15.6 Å². The number of anilines is 2. The molecule has 1 aliphatic carbocycles. The average molecular weight is 384 g/mol. The van der Waals surface area contributed by atoms with E-state index in [2.05, 4.69) is 25.3 Å². The van der Waals surface area contributed by atoms with Crippen LogP contribution in [0.25, 0.3) is 0 Å². The molecular weight excluding hydrogens is 364 g/mol. The van der Waals surface area contributed by atoms with Gasteiger partial charge < -0.3 is 0 Å². The first kappa shape index (κ1) is 17.8. The Balaban J connectivity index is 1.81. The highest BCUT2D eigenvalue weighted by molar-refractivity contribution is 7.92. The van der Waals surface area contributed by atoms with Crippen molar-refractivity contribution in [1.29, 1.82) is 0 Å². The van der Waals surface area contributed by atoms with Gasteiger partial charge in [0.05, 0.1) is 17.5 Å². The third-order valence-corrected chi connectivity index (χ3v) is 4.96. The summed E-state index contributed by atoms with van der Waals surface area (Å²) in [4.78, 5) is 12.7. The number of carbonyl (C=O) groups excluding carboxylic acids is 1. The molecule has 0 spiro atoms. The number of amides is 1. The summed E-state index contributed by atoms with van der Waals surface area (Å²) in [6.07, 6.45) is 3.21. The van der Waals surface area contributed by atoms with Crippen molar-refractivity contribution in [2.75, 3.05) is 16.3 Å². The van der Waals surface area contributed by atoms with Crippen LogP contribution >= 0.6 is 11.3 Å². The minimum absolute atomic E-state index is 0.0980. The van der Waals surface area contributed by atoms with Crippen LogP contribution in [-0.4, -0.2) is 40.6 Å². The molecule has 2 N–H and O–H groups in total. The molecule has 3 rings (SSSR count). The molecule has 2 aromatic heterocycles. The predicted molar refractivity (Wildman–Crippen MR) is 95.5 cm³/mol. The van der Waals surface area contributed by atoms with Crippen molar-refractivity contribution in [2.24, 2.45) is 0 Å². The van der Waals surface area contributed by atoms with Crippen LogP contribution in [0.15, 0.2) is 6.07 Å². The summed E-state index contributed by atoms with van der Waals surface area (Å²) in [6.45, 7) is 5.94. The van der Waals surface area contributed by atoms with Gasteiger partial charge in [-0.25, -0.2) is 8.42 Å². The Morgan fingerprint density at radius 1 is 1.28 bits per heavy atom. The number of sulfonamides is 1. The number of nitrogens with zero attached hydrogens (tertiary/aromatic N) is 4. The van der Waals surface area contributed by atoms with Gasteiger partial charge in [0.25, 0.3) is 5.91 Å². The topological polar surface area (TPSA) is 119 Å². The minimum atomic E-state index is -3.44. The second-order valence-electron chi connectivity index (χ2n) is 7.05. The lowest BCUT2D eigenvalue weighted by atomic mass is 10.1. The Hall–Kier alpha value is -2.01. The van der Waals surface area contributed by atoms with Crippen molar-refractivity contribution in [2.45, 2.75) is 45.1 Å². The van der Waals surface area contributed by atoms with E-state index in [-0.39, 0.29) is 21.7 Å². The molecule has 0 saturated heterocycles. The molecule has 1 aliphatic rings. The maximum Gasteiger partial charge on any atom is 0.275 e. The lowest BCUT2D eigenvalue weighted by Gasteiger charge is -2.21. The molecule has 0 aromatic carbocycles. The fourth-order valence-corrected chi connectivity index (χ4v) is 3.75. The van der Waals surface area contributed by atoms with E-state index in [1.165, 1.54) is 0 Å². The first-order valence-electron chi connectivity index (χ1n) is 7.76. The molecule has 2 heterocycles. The lowest BCUT2D eigenvalue weighted by molar-refractivity contribution is 0.100. The summed E-state index contributed by atoms with van der Waals surface area (Å²) in [5.41, 5.74) is 1.03. The normalized spacial score (nSPS) is 15.2. The van der Waals surface area contributed by atoms with Crippen LogP contribution in [0.3, 0.4) is 0 Å². The Kier molecular flexibility index (Phi) is 4.31. The quantitative estimate of drug-likeness (QED) is 0.814. The zero-order chi connectivity index (χ0) is 18.4. The minimum Gasteiger partial charge on any atom is -0.295 e. The molecule has 9 nitrogen and oxygen atoms in total. The highest BCUT2D eigenvalue weighted by Crippen LogP contribution is 2.40. The van der Waals surface area contributed by atoms with Crippen molar-refractivity contribution >= 4 is 37.5 Å². The van der Waals surface area contributed by atoms with Crippen molar-refractivity contribution in [3.8, 4) is 0 Å². The van der Waals surface area contributed by atoms with Gasteiger partial charge >= 0.3 is 0 Å². The third-order valence-electron chi connectivity index (χ3n) is 3.51. The van der Waals surface area contributed by atoms with E-state index in [4.69, 9.17) is 0 Å². The van der Waals surface area contributed by atoms with E-state index in [9.17, 15) is 13.2 Å². The summed E-state index contributed by atoms with van der Waals surface area (Å²) in [5.74, 6) is 0.0821. The van der Waals surface area contributed by atoms with Crippen LogP contribution in [0.4, 0.5) is 10.3 Å². The lowest BCUT2D eigenvalue weighted by Crippen LogP contribution is -2.29. The van der Waals surface area contributed by atoms with Crippen molar-refractivity contribution in [1.82, 2.24) is 20.0 Å². The zero-order valence-corrected chi connectivity index (χ0v) is 16.0. The zero-order valence-electron chi connectivity index (χ0n) is 14.4. The molecule has 0 aliphatic heterocycles. The van der Waals surface area contributed by atoms with Gasteiger partial charge in [-0.05, 0) is 39.7 Å². The molecule has 1 saturated carbocycles. The number of carbonyl (C=O) groups is 1. The van der Waals surface area contributed by atoms with Gasteiger partial charge in [0.2, 0.25) is 20.3 Å². The van der Waals surface area contributed by atoms with Gasteiger partial charge in [-0.3, -0.25) is 19.5 Å². The first-order chi connectivity index (χ1) is 11.5. The van der Waals surface area contributed by atoms with E-state index in [1.54, 1.807) is 4.68 Å². The molecule has 136 valence electrons. The van der Waals surface area contributed by atoms with E-state index >= 15 is 0 Å². The van der Waals surface area contributed by atoms with Crippen LogP contribution in [0.2, 0.25) is 0 Å². The van der Waals surface area contributed by atoms with E-state index in [1.807, 2.05) is 26.8 Å². The smallest absolute Gasteiger partial charge is 0.275 e. The molecule has 11 heteroatoms. The number of hydrogen-bond acceptors (Lipinski definition) is 7. The van der Waals surface area contributed by atoms with E-state index < -0.39 is 10.0 Å². The maximum absolute atomic E-state index is 12.7. The molecule has 0 unspecified atom stereocenters. The molecular formula is C14H20N6O3S2.